The number of allylic oxidation sites excluding steroid dienone is 2. The third-order valence-corrected chi connectivity index (χ3v) is 1.65. The molecule has 0 atom stereocenters. The average molecular weight is 188 g/mol. The van der Waals surface area contributed by atoms with E-state index in [0.29, 0.717) is 0 Å². The van der Waals surface area contributed by atoms with Crippen molar-refractivity contribution in [2.75, 3.05) is 6.61 Å². The van der Waals surface area contributed by atoms with E-state index in [1.165, 1.54) is 0 Å². The van der Waals surface area contributed by atoms with Crippen molar-refractivity contribution < 1.29 is 14.6 Å². The number of halogens is 1. The number of rotatable bonds is 3. The second kappa shape index (κ2) is 3.74. The van der Waals surface area contributed by atoms with Crippen molar-refractivity contribution in [3.63, 3.8) is 0 Å². The molecule has 0 saturated carbocycles. The number of carbonyl (C=O) groups is 1. The first-order valence-electron chi connectivity index (χ1n) is 3.37. The van der Waals surface area contributed by atoms with E-state index in [1.54, 1.807) is 30.7 Å². The molecule has 0 aromatic carbocycles. The third-order valence-electron chi connectivity index (χ3n) is 1.29. The zero-order valence-corrected chi connectivity index (χ0v) is 6.99. The highest BCUT2D eigenvalue weighted by Crippen LogP contribution is 2.24. The topological polar surface area (TPSA) is 46.5 Å². The molecule has 0 aromatic rings. The first-order valence-corrected chi connectivity index (χ1v) is 3.75. The summed E-state index contributed by atoms with van der Waals surface area (Å²) in [7, 11) is 0. The van der Waals surface area contributed by atoms with Crippen LogP contribution in [0.2, 0.25) is 0 Å². The van der Waals surface area contributed by atoms with Gasteiger partial charge in [-0.25, -0.2) is 4.79 Å². The van der Waals surface area contributed by atoms with Crippen LogP contribution in [0, 0.1) is 6.42 Å². The minimum Gasteiger partial charge on any atom is -0.480 e. The normalized spacial score (nSPS) is 19.4. The molecule has 12 heavy (non-hydrogen) atoms. The number of carboxylic acid groups (broad SMARTS) is 1. The lowest BCUT2D eigenvalue weighted by atomic mass is 10.1. The molecule has 65 valence electrons. The van der Waals surface area contributed by atoms with Crippen LogP contribution in [0.1, 0.15) is 0 Å². The van der Waals surface area contributed by atoms with E-state index in [9.17, 15) is 4.79 Å². The second-order valence-electron chi connectivity index (χ2n) is 2.29. The van der Waals surface area contributed by atoms with Gasteiger partial charge in [-0.3, -0.25) is 0 Å². The van der Waals surface area contributed by atoms with Crippen LogP contribution in [-0.2, 0) is 9.53 Å². The highest BCUT2D eigenvalue weighted by atomic mass is 35.5. The molecular weight excluding hydrogens is 180 g/mol. The van der Waals surface area contributed by atoms with Gasteiger partial charge in [-0.2, -0.15) is 0 Å². The van der Waals surface area contributed by atoms with E-state index in [-0.39, 0.29) is 0 Å². The van der Waals surface area contributed by atoms with Crippen LogP contribution < -0.4 is 0 Å². The quantitative estimate of drug-likeness (QED) is 0.679. The molecule has 1 radical (unpaired) electrons. The van der Waals surface area contributed by atoms with Crippen LogP contribution >= 0.6 is 11.6 Å². The number of alkyl halides is 1. The van der Waals surface area contributed by atoms with Gasteiger partial charge in [-0.15, -0.1) is 0 Å². The Kier molecular flexibility index (Phi) is 2.89. The molecule has 1 rings (SSSR count). The first-order chi connectivity index (χ1) is 5.62. The molecule has 3 nitrogen and oxygen atoms in total. The smallest absolute Gasteiger partial charge is 0.329 e. The minimum atomic E-state index is -1.09. The van der Waals surface area contributed by atoms with E-state index in [2.05, 4.69) is 0 Å². The summed E-state index contributed by atoms with van der Waals surface area (Å²) < 4.78 is 4.90. The number of ether oxygens (including phenoxy) is 1. The van der Waals surface area contributed by atoms with Crippen LogP contribution in [0.25, 0.3) is 0 Å². The lowest BCUT2D eigenvalue weighted by Crippen LogP contribution is -2.24. The molecule has 0 unspecified atom stereocenters. The van der Waals surface area contributed by atoms with Gasteiger partial charge in [0.2, 0.25) is 0 Å². The van der Waals surface area contributed by atoms with Crippen molar-refractivity contribution in [1.29, 1.82) is 0 Å². The van der Waals surface area contributed by atoms with Gasteiger partial charge in [-0.1, -0.05) is 23.8 Å². The van der Waals surface area contributed by atoms with Crippen LogP contribution in [0.3, 0.4) is 0 Å². The fourth-order valence-corrected chi connectivity index (χ4v) is 0.962. The van der Waals surface area contributed by atoms with E-state index in [4.69, 9.17) is 21.4 Å². The summed E-state index contributed by atoms with van der Waals surface area (Å²) in [6.45, 7) is -0.405. The summed E-state index contributed by atoms with van der Waals surface area (Å²) in [4.78, 5) is 10.1. The summed E-state index contributed by atoms with van der Waals surface area (Å²) >= 11 is 5.84. The summed E-state index contributed by atoms with van der Waals surface area (Å²) in [6.07, 6.45) is 8.35. The molecule has 0 bridgehead atoms. The lowest BCUT2D eigenvalue weighted by Gasteiger charge is -2.20. The monoisotopic (exact) mass is 187 g/mol. The highest BCUT2D eigenvalue weighted by molar-refractivity contribution is 6.25. The van der Waals surface area contributed by atoms with Gasteiger partial charge >= 0.3 is 5.97 Å². The summed E-state index contributed by atoms with van der Waals surface area (Å²) in [5, 5.41) is 7.23. The molecule has 0 aromatic heterocycles. The molecule has 0 saturated heterocycles. The van der Waals surface area contributed by atoms with Crippen LogP contribution in [0.15, 0.2) is 24.3 Å². The molecule has 0 aliphatic heterocycles. The number of carboxylic acids is 1. The molecule has 0 fully saturated rings. The van der Waals surface area contributed by atoms with Gasteiger partial charge in [0.25, 0.3) is 0 Å². The molecule has 1 N–H and O–H groups in total. The van der Waals surface area contributed by atoms with E-state index < -0.39 is 17.6 Å². The average Bonchev–Trinajstić information content (AvgIpc) is 2.03. The molecule has 0 spiro atoms. The van der Waals surface area contributed by atoms with Crippen LogP contribution in [0.5, 0.6) is 0 Å². The maximum Gasteiger partial charge on any atom is 0.329 e. The number of hydrogen-bond donors (Lipinski definition) is 1. The number of hydrogen-bond acceptors (Lipinski definition) is 2. The number of aliphatic carboxylic acids is 1. The molecule has 0 heterocycles. The van der Waals surface area contributed by atoms with Crippen molar-refractivity contribution in [3.05, 3.63) is 30.7 Å². The second-order valence-corrected chi connectivity index (χ2v) is 2.88. The molecular formula is C8H8ClO3. The summed E-state index contributed by atoms with van der Waals surface area (Å²) in [5.74, 6) is -1.04. The SMILES string of the molecule is O=C(O)COC1(Cl)C=C[CH]C=C1. The van der Waals surface area contributed by atoms with E-state index >= 15 is 0 Å². The van der Waals surface area contributed by atoms with Crippen molar-refractivity contribution in [2.24, 2.45) is 0 Å². The Balaban J connectivity index is 2.48. The predicted octanol–water partition coefficient (Wildman–Crippen LogP) is 1.35. The van der Waals surface area contributed by atoms with Crippen molar-refractivity contribution in [1.82, 2.24) is 0 Å². The maximum absolute atomic E-state index is 10.1. The van der Waals surface area contributed by atoms with Crippen molar-refractivity contribution in [2.45, 2.75) is 5.06 Å². The van der Waals surface area contributed by atoms with Gasteiger partial charge in [0.1, 0.15) is 6.61 Å². The largest absolute Gasteiger partial charge is 0.480 e. The standard InChI is InChI=1S/C8H8ClO3/c9-8(12-6-7(10)11)4-2-1-3-5-8/h1-5H,6H2,(H,10,11). The molecule has 1 aliphatic rings. The maximum atomic E-state index is 10.1. The van der Waals surface area contributed by atoms with Gasteiger partial charge in [0, 0.05) is 6.42 Å². The Bertz CT molecular complexity index is 220. The van der Waals surface area contributed by atoms with Gasteiger partial charge in [0.05, 0.1) is 0 Å². The zero-order valence-electron chi connectivity index (χ0n) is 6.24. The molecule has 1 aliphatic carbocycles. The van der Waals surface area contributed by atoms with E-state index in [0.717, 1.165) is 0 Å². The Morgan fingerprint density at radius 2 is 2.08 bits per heavy atom. The Labute approximate surface area is 75.3 Å². The van der Waals surface area contributed by atoms with Gasteiger partial charge in [0.15, 0.2) is 5.06 Å². The van der Waals surface area contributed by atoms with E-state index in [1.807, 2.05) is 0 Å². The Hall–Kier alpha value is -0.800. The van der Waals surface area contributed by atoms with Gasteiger partial charge < -0.3 is 9.84 Å². The fraction of sp³-hybridized carbons (Fsp3) is 0.250. The first kappa shape index (κ1) is 9.29. The highest BCUT2D eigenvalue weighted by Gasteiger charge is 2.23. The van der Waals surface area contributed by atoms with Crippen molar-refractivity contribution >= 4 is 17.6 Å². The van der Waals surface area contributed by atoms with Crippen LogP contribution in [0.4, 0.5) is 0 Å². The summed E-state index contributed by atoms with van der Waals surface area (Å²) in [5.41, 5.74) is 0. The van der Waals surface area contributed by atoms with Crippen LogP contribution in [-0.4, -0.2) is 22.7 Å². The lowest BCUT2D eigenvalue weighted by molar-refractivity contribution is -0.143. The fourth-order valence-electron chi connectivity index (χ4n) is 0.762. The summed E-state index contributed by atoms with van der Waals surface area (Å²) in [6, 6.07) is 0. The minimum absolute atomic E-state index is 0.405. The Morgan fingerprint density at radius 1 is 1.50 bits per heavy atom. The van der Waals surface area contributed by atoms with Crippen molar-refractivity contribution in [3.8, 4) is 0 Å². The third kappa shape index (κ3) is 2.68. The molecule has 4 heteroatoms. The molecule has 0 amide bonds. The zero-order chi connectivity index (χ0) is 9.03. The predicted molar refractivity (Wildman–Crippen MR) is 44.8 cm³/mol. The Morgan fingerprint density at radius 3 is 2.58 bits per heavy atom. The van der Waals surface area contributed by atoms with Gasteiger partial charge in [-0.05, 0) is 12.2 Å².